The topological polar surface area (TPSA) is 68.0 Å². The zero-order valence-corrected chi connectivity index (χ0v) is 11.9. The Morgan fingerprint density at radius 3 is 2.65 bits per heavy atom. The van der Waals surface area contributed by atoms with Crippen molar-refractivity contribution >= 4 is 28.7 Å². The summed E-state index contributed by atoms with van der Waals surface area (Å²) in [6, 6.07) is 6.15. The van der Waals surface area contributed by atoms with Crippen molar-refractivity contribution in [2.75, 3.05) is 0 Å². The summed E-state index contributed by atoms with van der Waals surface area (Å²) < 4.78 is 40.1. The van der Waals surface area contributed by atoms with Crippen LogP contribution in [0.2, 0.25) is 5.15 Å². The van der Waals surface area contributed by atoms with Crippen molar-refractivity contribution in [2.24, 2.45) is 0 Å². The van der Waals surface area contributed by atoms with Crippen LogP contribution in [-0.4, -0.2) is 25.7 Å². The molecule has 0 atom stereocenters. The van der Waals surface area contributed by atoms with E-state index in [1.807, 2.05) is 0 Å². The molecule has 0 amide bonds. The summed E-state index contributed by atoms with van der Waals surface area (Å²) in [5.74, 6) is 0. The minimum absolute atomic E-state index is 0.0294. The van der Waals surface area contributed by atoms with E-state index in [1.54, 1.807) is 0 Å². The first-order chi connectivity index (χ1) is 10.8. The molecule has 9 heteroatoms. The minimum atomic E-state index is -4.67. The summed E-state index contributed by atoms with van der Waals surface area (Å²) in [5, 5.41) is 9.74. The van der Waals surface area contributed by atoms with Crippen molar-refractivity contribution < 1.29 is 23.1 Å². The molecular formula is C14H7ClF3N3O2. The summed E-state index contributed by atoms with van der Waals surface area (Å²) in [7, 11) is 0. The van der Waals surface area contributed by atoms with E-state index in [4.69, 9.17) is 11.6 Å². The number of halogens is 4. The molecule has 0 saturated heterocycles. The van der Waals surface area contributed by atoms with Crippen LogP contribution in [0, 0.1) is 0 Å². The van der Waals surface area contributed by atoms with Gasteiger partial charge in [0.2, 0.25) is 0 Å². The predicted octanol–water partition coefficient (Wildman–Crippen LogP) is 4.30. The highest BCUT2D eigenvalue weighted by molar-refractivity contribution is 6.29. The number of hydrogen-bond acceptors (Lipinski definition) is 3. The van der Waals surface area contributed by atoms with E-state index in [2.05, 4.69) is 9.97 Å². The van der Waals surface area contributed by atoms with Crippen LogP contribution in [0.25, 0.3) is 22.4 Å². The van der Waals surface area contributed by atoms with Gasteiger partial charge in [0.15, 0.2) is 5.65 Å². The number of pyridine rings is 2. The molecule has 3 aromatic rings. The van der Waals surface area contributed by atoms with Crippen LogP contribution in [0.4, 0.5) is 18.0 Å². The van der Waals surface area contributed by atoms with Gasteiger partial charge >= 0.3 is 12.3 Å². The molecule has 3 aromatic heterocycles. The summed E-state index contributed by atoms with van der Waals surface area (Å²) in [4.78, 5) is 19.1. The first-order valence-corrected chi connectivity index (χ1v) is 6.60. The molecule has 0 aliphatic rings. The van der Waals surface area contributed by atoms with Gasteiger partial charge in [-0.3, -0.25) is 4.98 Å². The average Bonchev–Trinajstić information content (AvgIpc) is 2.84. The number of carbonyl (C=O) groups is 1. The summed E-state index contributed by atoms with van der Waals surface area (Å²) in [5.41, 5.74) is -1.80. The molecule has 0 spiro atoms. The lowest BCUT2D eigenvalue weighted by Crippen LogP contribution is -2.14. The van der Waals surface area contributed by atoms with Gasteiger partial charge in [0.1, 0.15) is 5.15 Å². The molecule has 0 radical (unpaired) electrons. The van der Waals surface area contributed by atoms with E-state index in [9.17, 15) is 23.1 Å². The van der Waals surface area contributed by atoms with E-state index >= 15 is 0 Å². The predicted molar refractivity (Wildman–Crippen MR) is 76.4 cm³/mol. The van der Waals surface area contributed by atoms with Gasteiger partial charge in [0.25, 0.3) is 0 Å². The lowest BCUT2D eigenvalue weighted by atomic mass is 10.1. The van der Waals surface area contributed by atoms with Crippen LogP contribution < -0.4 is 0 Å². The van der Waals surface area contributed by atoms with E-state index in [1.165, 1.54) is 18.2 Å². The van der Waals surface area contributed by atoms with Crippen molar-refractivity contribution in [3.05, 3.63) is 47.2 Å². The third-order valence-corrected chi connectivity index (χ3v) is 3.37. The molecule has 3 rings (SSSR count). The Morgan fingerprint density at radius 1 is 1.26 bits per heavy atom. The molecule has 0 bridgehead atoms. The standard InChI is InChI=1S/C14H7ClF3N3O2/c15-10-4-3-7-6-9(21(13(22)23)12(7)20-10)11-8(14(16,17)18)2-1-5-19-11/h1-6H,(H,22,23). The minimum Gasteiger partial charge on any atom is -0.464 e. The van der Waals surface area contributed by atoms with Gasteiger partial charge in [0, 0.05) is 11.6 Å². The summed E-state index contributed by atoms with van der Waals surface area (Å²) in [6.45, 7) is 0. The Bertz CT molecular complexity index is 921. The quantitative estimate of drug-likeness (QED) is 0.670. The maximum atomic E-state index is 13.2. The number of aromatic nitrogens is 3. The second-order valence-electron chi connectivity index (χ2n) is 4.59. The molecule has 5 nitrogen and oxygen atoms in total. The highest BCUT2D eigenvalue weighted by Crippen LogP contribution is 2.37. The van der Waals surface area contributed by atoms with Gasteiger partial charge in [0.05, 0.1) is 17.0 Å². The fourth-order valence-corrected chi connectivity index (χ4v) is 2.40. The molecule has 0 fully saturated rings. The van der Waals surface area contributed by atoms with Crippen molar-refractivity contribution in [1.82, 2.24) is 14.5 Å². The number of hydrogen-bond donors (Lipinski definition) is 1. The number of rotatable bonds is 1. The maximum absolute atomic E-state index is 13.2. The lowest BCUT2D eigenvalue weighted by Gasteiger charge is -2.12. The van der Waals surface area contributed by atoms with Crippen LogP contribution in [0.15, 0.2) is 36.5 Å². The smallest absolute Gasteiger partial charge is 0.418 e. The van der Waals surface area contributed by atoms with Crippen molar-refractivity contribution in [2.45, 2.75) is 6.18 Å². The van der Waals surface area contributed by atoms with Gasteiger partial charge in [-0.2, -0.15) is 13.2 Å². The molecule has 0 aliphatic carbocycles. The monoisotopic (exact) mass is 341 g/mol. The normalized spacial score (nSPS) is 11.8. The molecular weight excluding hydrogens is 335 g/mol. The van der Waals surface area contributed by atoms with Crippen molar-refractivity contribution in [3.63, 3.8) is 0 Å². The zero-order valence-electron chi connectivity index (χ0n) is 11.2. The average molecular weight is 342 g/mol. The Morgan fingerprint density at radius 2 is 2.00 bits per heavy atom. The Balaban J connectivity index is 2.38. The van der Waals surface area contributed by atoms with Gasteiger partial charge in [-0.15, -0.1) is 0 Å². The van der Waals surface area contributed by atoms with E-state index in [0.717, 1.165) is 18.3 Å². The Kier molecular flexibility index (Phi) is 3.48. The molecule has 1 N–H and O–H groups in total. The second-order valence-corrected chi connectivity index (χ2v) is 4.98. The first kappa shape index (κ1) is 15.3. The highest BCUT2D eigenvalue weighted by atomic mass is 35.5. The molecule has 0 unspecified atom stereocenters. The number of fused-ring (bicyclic) bond motifs is 1. The molecule has 23 heavy (non-hydrogen) atoms. The third kappa shape index (κ3) is 2.61. The van der Waals surface area contributed by atoms with Crippen LogP contribution in [0.3, 0.4) is 0 Å². The SMILES string of the molecule is O=C(O)n1c(-c2ncccc2C(F)(F)F)cc2ccc(Cl)nc21. The summed E-state index contributed by atoms with van der Waals surface area (Å²) in [6.07, 6.45) is -4.99. The highest BCUT2D eigenvalue weighted by Gasteiger charge is 2.35. The molecule has 3 heterocycles. The first-order valence-electron chi connectivity index (χ1n) is 6.23. The Hall–Kier alpha value is -2.61. The Labute approximate surface area is 132 Å². The molecule has 0 saturated carbocycles. The second kappa shape index (κ2) is 5.24. The largest absolute Gasteiger partial charge is 0.464 e. The van der Waals surface area contributed by atoms with Crippen LogP contribution >= 0.6 is 11.6 Å². The fourth-order valence-electron chi connectivity index (χ4n) is 2.26. The number of carboxylic acid groups (broad SMARTS) is 1. The van der Waals surface area contributed by atoms with E-state index in [0.29, 0.717) is 9.95 Å². The summed E-state index contributed by atoms with van der Waals surface area (Å²) >= 11 is 5.74. The van der Waals surface area contributed by atoms with E-state index < -0.39 is 23.5 Å². The van der Waals surface area contributed by atoms with Crippen LogP contribution in [0.5, 0.6) is 0 Å². The van der Waals surface area contributed by atoms with Gasteiger partial charge in [-0.1, -0.05) is 11.6 Å². The molecule has 118 valence electrons. The van der Waals surface area contributed by atoms with Crippen molar-refractivity contribution in [3.8, 4) is 11.4 Å². The van der Waals surface area contributed by atoms with Crippen LogP contribution in [0.1, 0.15) is 5.56 Å². The third-order valence-electron chi connectivity index (χ3n) is 3.16. The van der Waals surface area contributed by atoms with Gasteiger partial charge in [-0.05, 0) is 30.3 Å². The van der Waals surface area contributed by atoms with Gasteiger partial charge in [-0.25, -0.2) is 14.3 Å². The number of alkyl halides is 3. The number of nitrogens with zero attached hydrogens (tertiary/aromatic N) is 3. The molecule has 0 aliphatic heterocycles. The van der Waals surface area contributed by atoms with Crippen LogP contribution in [-0.2, 0) is 6.18 Å². The lowest BCUT2D eigenvalue weighted by molar-refractivity contribution is -0.137. The van der Waals surface area contributed by atoms with Crippen molar-refractivity contribution in [1.29, 1.82) is 0 Å². The maximum Gasteiger partial charge on any atom is 0.418 e. The zero-order chi connectivity index (χ0) is 16.8. The van der Waals surface area contributed by atoms with E-state index in [-0.39, 0.29) is 16.5 Å². The fraction of sp³-hybridized carbons (Fsp3) is 0.0714. The molecule has 0 aromatic carbocycles. The van der Waals surface area contributed by atoms with Gasteiger partial charge < -0.3 is 5.11 Å².